The summed E-state index contributed by atoms with van der Waals surface area (Å²) in [5.74, 6) is 0.999. The number of hydrogen-bond acceptors (Lipinski definition) is 3. The van der Waals surface area contributed by atoms with Crippen molar-refractivity contribution in [1.29, 1.82) is 0 Å². The van der Waals surface area contributed by atoms with Crippen LogP contribution in [0, 0.1) is 13.8 Å². The summed E-state index contributed by atoms with van der Waals surface area (Å²) in [6, 6.07) is 10.4. The normalized spacial score (nSPS) is 16.1. The topological polar surface area (TPSA) is 40.4 Å². The molecule has 1 atom stereocenters. The number of rotatable bonds is 5. The standard InChI is InChI=1S/C19H25N3OS/c1-14-7-5-8-16(15(14)2)21-19(24)20-13-17(18-9-6-12-23-18)22-10-3-4-11-22/h5-9,12,17H,3-4,10-11,13H2,1-2H3,(H2,20,21,24). The van der Waals surface area contributed by atoms with E-state index in [2.05, 4.69) is 41.5 Å². The molecule has 0 spiro atoms. The number of benzene rings is 1. The Morgan fingerprint density at radius 2 is 2.00 bits per heavy atom. The summed E-state index contributed by atoms with van der Waals surface area (Å²) >= 11 is 5.49. The van der Waals surface area contributed by atoms with Crippen LogP contribution in [0.4, 0.5) is 5.69 Å². The average molecular weight is 343 g/mol. The van der Waals surface area contributed by atoms with Crippen LogP contribution in [0.2, 0.25) is 0 Å². The molecule has 5 heteroatoms. The van der Waals surface area contributed by atoms with E-state index in [4.69, 9.17) is 16.6 Å². The monoisotopic (exact) mass is 343 g/mol. The van der Waals surface area contributed by atoms with Crippen molar-refractivity contribution in [3.05, 3.63) is 53.5 Å². The molecule has 0 saturated carbocycles. The van der Waals surface area contributed by atoms with Crippen LogP contribution >= 0.6 is 12.2 Å². The second kappa shape index (κ2) is 7.81. The number of aryl methyl sites for hydroxylation is 1. The molecule has 0 bridgehead atoms. The van der Waals surface area contributed by atoms with Gasteiger partial charge in [0.15, 0.2) is 5.11 Å². The van der Waals surface area contributed by atoms with Crippen LogP contribution in [0.25, 0.3) is 0 Å². The van der Waals surface area contributed by atoms with Crippen LogP contribution < -0.4 is 10.6 Å². The zero-order valence-electron chi connectivity index (χ0n) is 14.3. The molecule has 3 rings (SSSR count). The molecule has 2 N–H and O–H groups in total. The minimum Gasteiger partial charge on any atom is -0.468 e. The average Bonchev–Trinajstić information content (AvgIpc) is 3.26. The molecule has 1 fully saturated rings. The molecular formula is C19H25N3OS. The predicted octanol–water partition coefficient (Wildman–Crippen LogP) is 4.02. The summed E-state index contributed by atoms with van der Waals surface area (Å²) in [4.78, 5) is 2.46. The molecule has 0 amide bonds. The van der Waals surface area contributed by atoms with E-state index in [9.17, 15) is 0 Å². The second-order valence-corrected chi connectivity index (χ2v) is 6.77. The molecule has 1 unspecified atom stereocenters. The Labute approximate surface area is 149 Å². The van der Waals surface area contributed by atoms with Crippen LogP contribution in [0.3, 0.4) is 0 Å². The molecule has 1 aliphatic heterocycles. The highest BCUT2D eigenvalue weighted by Crippen LogP contribution is 2.25. The summed E-state index contributed by atoms with van der Waals surface area (Å²) in [7, 11) is 0. The van der Waals surface area contributed by atoms with Crippen LogP contribution in [-0.2, 0) is 0 Å². The molecule has 1 aromatic carbocycles. The first-order valence-electron chi connectivity index (χ1n) is 8.53. The van der Waals surface area contributed by atoms with E-state index >= 15 is 0 Å². The first-order chi connectivity index (χ1) is 11.6. The Morgan fingerprint density at radius 3 is 2.71 bits per heavy atom. The fraction of sp³-hybridized carbons (Fsp3) is 0.421. The van der Waals surface area contributed by atoms with Gasteiger partial charge in [-0.1, -0.05) is 12.1 Å². The van der Waals surface area contributed by atoms with Crippen molar-refractivity contribution in [3.63, 3.8) is 0 Å². The van der Waals surface area contributed by atoms with Gasteiger partial charge < -0.3 is 15.1 Å². The lowest BCUT2D eigenvalue weighted by Crippen LogP contribution is -2.38. The van der Waals surface area contributed by atoms with Gasteiger partial charge in [0, 0.05) is 12.2 Å². The molecule has 1 aliphatic rings. The largest absolute Gasteiger partial charge is 0.468 e. The van der Waals surface area contributed by atoms with Crippen molar-refractivity contribution in [2.24, 2.45) is 0 Å². The molecule has 128 valence electrons. The van der Waals surface area contributed by atoms with Crippen LogP contribution in [0.1, 0.15) is 35.8 Å². The van der Waals surface area contributed by atoms with E-state index < -0.39 is 0 Å². The maximum Gasteiger partial charge on any atom is 0.170 e. The molecule has 0 radical (unpaired) electrons. The van der Waals surface area contributed by atoms with E-state index in [-0.39, 0.29) is 6.04 Å². The van der Waals surface area contributed by atoms with E-state index in [0.717, 1.165) is 31.1 Å². The lowest BCUT2D eigenvalue weighted by Gasteiger charge is -2.26. The van der Waals surface area contributed by atoms with Gasteiger partial charge in [0.1, 0.15) is 5.76 Å². The smallest absolute Gasteiger partial charge is 0.170 e. The SMILES string of the molecule is Cc1cccc(NC(=S)NCC(c2ccco2)N2CCCC2)c1C. The van der Waals surface area contributed by atoms with Gasteiger partial charge in [-0.3, -0.25) is 4.90 Å². The van der Waals surface area contributed by atoms with Gasteiger partial charge in [-0.25, -0.2) is 0 Å². The van der Waals surface area contributed by atoms with Crippen molar-refractivity contribution in [2.75, 3.05) is 25.0 Å². The minimum atomic E-state index is 0.223. The Bertz CT molecular complexity index is 678. The lowest BCUT2D eigenvalue weighted by molar-refractivity contribution is 0.216. The van der Waals surface area contributed by atoms with Crippen molar-refractivity contribution >= 4 is 23.0 Å². The van der Waals surface area contributed by atoms with Crippen molar-refractivity contribution in [3.8, 4) is 0 Å². The maximum absolute atomic E-state index is 5.65. The molecule has 1 aromatic heterocycles. The van der Waals surface area contributed by atoms with E-state index in [1.807, 2.05) is 18.2 Å². The Balaban J connectivity index is 1.62. The molecule has 2 aromatic rings. The van der Waals surface area contributed by atoms with Crippen LogP contribution in [-0.4, -0.2) is 29.6 Å². The zero-order valence-corrected chi connectivity index (χ0v) is 15.2. The van der Waals surface area contributed by atoms with Crippen molar-refractivity contribution in [1.82, 2.24) is 10.2 Å². The highest BCUT2D eigenvalue weighted by atomic mass is 32.1. The fourth-order valence-electron chi connectivity index (χ4n) is 3.19. The van der Waals surface area contributed by atoms with Gasteiger partial charge in [-0.2, -0.15) is 0 Å². The molecule has 0 aliphatic carbocycles. The van der Waals surface area contributed by atoms with Gasteiger partial charge in [0.05, 0.1) is 12.3 Å². The van der Waals surface area contributed by atoms with Gasteiger partial charge in [0.2, 0.25) is 0 Å². The molecule has 2 heterocycles. The third-order valence-electron chi connectivity index (χ3n) is 4.76. The summed E-state index contributed by atoms with van der Waals surface area (Å²) in [5.41, 5.74) is 3.54. The number of furan rings is 1. The number of hydrogen-bond donors (Lipinski definition) is 2. The Kier molecular flexibility index (Phi) is 5.53. The van der Waals surface area contributed by atoms with Crippen molar-refractivity contribution < 1.29 is 4.42 Å². The number of nitrogens with one attached hydrogen (secondary N) is 2. The first kappa shape index (κ1) is 17.0. The molecule has 4 nitrogen and oxygen atoms in total. The minimum absolute atomic E-state index is 0.223. The van der Waals surface area contributed by atoms with Crippen LogP contribution in [0.15, 0.2) is 41.0 Å². The van der Waals surface area contributed by atoms with E-state index in [0.29, 0.717) is 5.11 Å². The Morgan fingerprint density at radius 1 is 1.21 bits per heavy atom. The molecule has 24 heavy (non-hydrogen) atoms. The highest BCUT2D eigenvalue weighted by Gasteiger charge is 2.25. The van der Waals surface area contributed by atoms with Gasteiger partial charge in [-0.15, -0.1) is 0 Å². The van der Waals surface area contributed by atoms with Crippen LogP contribution in [0.5, 0.6) is 0 Å². The summed E-state index contributed by atoms with van der Waals surface area (Å²) < 4.78 is 5.65. The molecule has 1 saturated heterocycles. The summed E-state index contributed by atoms with van der Waals surface area (Å²) in [5, 5.41) is 7.33. The third kappa shape index (κ3) is 3.97. The van der Waals surface area contributed by atoms with Gasteiger partial charge >= 0.3 is 0 Å². The number of thiocarbonyl (C=S) groups is 1. The Hall–Kier alpha value is -1.85. The summed E-state index contributed by atoms with van der Waals surface area (Å²) in [6.45, 7) is 7.19. The highest BCUT2D eigenvalue weighted by molar-refractivity contribution is 7.80. The third-order valence-corrected chi connectivity index (χ3v) is 5.01. The maximum atomic E-state index is 5.65. The number of nitrogens with zero attached hydrogens (tertiary/aromatic N) is 1. The fourth-order valence-corrected chi connectivity index (χ4v) is 3.38. The molecular weight excluding hydrogens is 318 g/mol. The van der Waals surface area contributed by atoms with Crippen molar-refractivity contribution in [2.45, 2.75) is 32.7 Å². The second-order valence-electron chi connectivity index (χ2n) is 6.36. The van der Waals surface area contributed by atoms with Gasteiger partial charge in [-0.05, 0) is 81.3 Å². The summed E-state index contributed by atoms with van der Waals surface area (Å²) in [6.07, 6.45) is 4.25. The first-order valence-corrected chi connectivity index (χ1v) is 8.94. The number of likely N-dealkylation sites (tertiary alicyclic amines) is 1. The predicted molar refractivity (Wildman–Crippen MR) is 102 cm³/mol. The number of anilines is 1. The van der Waals surface area contributed by atoms with Gasteiger partial charge in [0.25, 0.3) is 0 Å². The lowest BCUT2D eigenvalue weighted by atomic mass is 10.1. The zero-order chi connectivity index (χ0) is 16.9. The van der Waals surface area contributed by atoms with E-state index in [1.165, 1.54) is 24.0 Å². The van der Waals surface area contributed by atoms with E-state index in [1.54, 1.807) is 6.26 Å². The quantitative estimate of drug-likeness (QED) is 0.803.